The van der Waals surface area contributed by atoms with Gasteiger partial charge in [0.25, 0.3) is 0 Å². The Bertz CT molecular complexity index is 893. The SMILES string of the molecule is O=C(CCc1cccnc1)NC1CCc2nnc(-c3ccncc3)n2CC1. The van der Waals surface area contributed by atoms with Crippen LogP contribution in [0.3, 0.4) is 0 Å². The summed E-state index contributed by atoms with van der Waals surface area (Å²) < 4.78 is 2.16. The first-order valence-electron chi connectivity index (χ1n) is 9.30. The molecule has 4 rings (SSSR count). The zero-order valence-corrected chi connectivity index (χ0v) is 15.1. The summed E-state index contributed by atoms with van der Waals surface area (Å²) in [6.07, 6.45) is 10.8. The second-order valence-corrected chi connectivity index (χ2v) is 6.78. The van der Waals surface area contributed by atoms with Gasteiger partial charge in [0.1, 0.15) is 5.82 Å². The number of aromatic nitrogens is 5. The van der Waals surface area contributed by atoms with Gasteiger partial charge in [0.2, 0.25) is 5.91 Å². The van der Waals surface area contributed by atoms with E-state index in [1.54, 1.807) is 18.6 Å². The molecule has 1 N–H and O–H groups in total. The number of nitrogens with one attached hydrogen (secondary N) is 1. The largest absolute Gasteiger partial charge is 0.353 e. The predicted octanol–water partition coefficient (Wildman–Crippen LogP) is 2.19. The van der Waals surface area contributed by atoms with Crippen molar-refractivity contribution in [1.82, 2.24) is 30.0 Å². The topological polar surface area (TPSA) is 85.6 Å². The molecule has 4 heterocycles. The van der Waals surface area contributed by atoms with E-state index in [9.17, 15) is 4.79 Å². The number of carbonyl (C=O) groups is 1. The van der Waals surface area contributed by atoms with E-state index in [0.29, 0.717) is 12.8 Å². The molecule has 3 aromatic heterocycles. The first-order chi connectivity index (χ1) is 13.3. The van der Waals surface area contributed by atoms with Gasteiger partial charge in [-0.1, -0.05) is 6.07 Å². The van der Waals surface area contributed by atoms with E-state index < -0.39 is 0 Å². The summed E-state index contributed by atoms with van der Waals surface area (Å²) in [5, 5.41) is 11.9. The predicted molar refractivity (Wildman–Crippen MR) is 101 cm³/mol. The molecule has 0 bridgehead atoms. The summed E-state index contributed by atoms with van der Waals surface area (Å²) in [4.78, 5) is 20.5. The van der Waals surface area contributed by atoms with E-state index in [-0.39, 0.29) is 11.9 Å². The van der Waals surface area contributed by atoms with Crippen LogP contribution in [0, 0.1) is 0 Å². The van der Waals surface area contributed by atoms with Crippen LogP contribution in [0.4, 0.5) is 0 Å². The molecule has 0 fully saturated rings. The first kappa shape index (κ1) is 17.3. The molecular weight excluding hydrogens is 340 g/mol. The van der Waals surface area contributed by atoms with Gasteiger partial charge in [0.15, 0.2) is 5.82 Å². The van der Waals surface area contributed by atoms with Gasteiger partial charge >= 0.3 is 0 Å². The van der Waals surface area contributed by atoms with Gasteiger partial charge < -0.3 is 9.88 Å². The van der Waals surface area contributed by atoms with Crippen molar-refractivity contribution < 1.29 is 4.79 Å². The summed E-state index contributed by atoms with van der Waals surface area (Å²) >= 11 is 0. The van der Waals surface area contributed by atoms with Crippen molar-refractivity contribution in [2.75, 3.05) is 0 Å². The van der Waals surface area contributed by atoms with Gasteiger partial charge in [-0.05, 0) is 43.0 Å². The van der Waals surface area contributed by atoms with E-state index in [2.05, 4.69) is 30.0 Å². The maximum atomic E-state index is 12.3. The highest BCUT2D eigenvalue weighted by Crippen LogP contribution is 2.22. The monoisotopic (exact) mass is 362 g/mol. The quantitative estimate of drug-likeness (QED) is 0.752. The molecule has 0 saturated heterocycles. The summed E-state index contributed by atoms with van der Waals surface area (Å²) in [5.74, 6) is 1.95. The highest BCUT2D eigenvalue weighted by atomic mass is 16.1. The molecule has 0 radical (unpaired) electrons. The van der Waals surface area contributed by atoms with Crippen LogP contribution in [0.25, 0.3) is 11.4 Å². The molecule has 1 unspecified atom stereocenters. The van der Waals surface area contributed by atoms with Gasteiger partial charge in [-0.3, -0.25) is 14.8 Å². The van der Waals surface area contributed by atoms with Crippen LogP contribution < -0.4 is 5.32 Å². The molecule has 0 spiro atoms. The average molecular weight is 362 g/mol. The van der Waals surface area contributed by atoms with Gasteiger partial charge in [-0.2, -0.15) is 0 Å². The maximum absolute atomic E-state index is 12.3. The second-order valence-electron chi connectivity index (χ2n) is 6.78. The summed E-state index contributed by atoms with van der Waals surface area (Å²) in [6, 6.07) is 7.95. The molecule has 1 atom stereocenters. The number of fused-ring (bicyclic) bond motifs is 1. The molecule has 138 valence electrons. The zero-order valence-electron chi connectivity index (χ0n) is 15.1. The zero-order chi connectivity index (χ0) is 18.5. The molecular formula is C20H22N6O. The molecule has 0 aliphatic carbocycles. The fourth-order valence-corrected chi connectivity index (χ4v) is 3.45. The third kappa shape index (κ3) is 4.19. The van der Waals surface area contributed by atoms with Crippen LogP contribution in [0.2, 0.25) is 0 Å². The molecule has 27 heavy (non-hydrogen) atoms. The Morgan fingerprint density at radius 1 is 1.11 bits per heavy atom. The molecule has 1 aliphatic rings. The summed E-state index contributed by atoms with van der Waals surface area (Å²) in [7, 11) is 0. The lowest BCUT2D eigenvalue weighted by atomic mass is 10.1. The lowest BCUT2D eigenvalue weighted by Gasteiger charge is -2.16. The number of pyridine rings is 2. The number of rotatable bonds is 5. The molecule has 0 saturated carbocycles. The van der Waals surface area contributed by atoms with Crippen LogP contribution >= 0.6 is 0 Å². The Hall–Kier alpha value is -3.09. The van der Waals surface area contributed by atoms with E-state index >= 15 is 0 Å². The Morgan fingerprint density at radius 2 is 2.00 bits per heavy atom. The lowest BCUT2D eigenvalue weighted by Crippen LogP contribution is -2.35. The van der Waals surface area contributed by atoms with E-state index in [1.807, 2.05) is 30.5 Å². The summed E-state index contributed by atoms with van der Waals surface area (Å²) in [5.41, 5.74) is 2.10. The third-order valence-electron chi connectivity index (χ3n) is 4.91. The minimum Gasteiger partial charge on any atom is -0.353 e. The van der Waals surface area contributed by atoms with Crippen LogP contribution in [-0.4, -0.2) is 36.7 Å². The highest BCUT2D eigenvalue weighted by molar-refractivity contribution is 5.76. The first-order valence-corrected chi connectivity index (χ1v) is 9.30. The number of amides is 1. The number of hydrogen-bond donors (Lipinski definition) is 1. The number of nitrogens with zero attached hydrogens (tertiary/aromatic N) is 5. The van der Waals surface area contributed by atoms with Crippen LogP contribution in [0.15, 0.2) is 49.1 Å². The highest BCUT2D eigenvalue weighted by Gasteiger charge is 2.22. The fraction of sp³-hybridized carbons (Fsp3) is 0.350. The van der Waals surface area contributed by atoms with Crippen LogP contribution in [0.5, 0.6) is 0 Å². The molecule has 7 heteroatoms. The molecule has 3 aromatic rings. The van der Waals surface area contributed by atoms with Crippen molar-refractivity contribution >= 4 is 5.91 Å². The molecule has 0 aromatic carbocycles. The van der Waals surface area contributed by atoms with Gasteiger partial charge in [-0.15, -0.1) is 10.2 Å². The molecule has 1 amide bonds. The van der Waals surface area contributed by atoms with Gasteiger partial charge in [0, 0.05) is 55.8 Å². The Labute approximate surface area is 157 Å². The van der Waals surface area contributed by atoms with E-state index in [4.69, 9.17) is 0 Å². The normalized spacial score (nSPS) is 16.4. The maximum Gasteiger partial charge on any atom is 0.220 e. The number of carbonyl (C=O) groups excluding carboxylic acids is 1. The summed E-state index contributed by atoms with van der Waals surface area (Å²) in [6.45, 7) is 0.799. The molecule has 1 aliphatic heterocycles. The van der Waals surface area contributed by atoms with Crippen LogP contribution in [-0.2, 0) is 24.2 Å². The Morgan fingerprint density at radius 3 is 2.81 bits per heavy atom. The van der Waals surface area contributed by atoms with Crippen molar-refractivity contribution in [2.24, 2.45) is 0 Å². The Balaban J connectivity index is 1.35. The molecule has 7 nitrogen and oxygen atoms in total. The Kier molecular flexibility index (Phi) is 5.18. The lowest BCUT2D eigenvalue weighted by molar-refractivity contribution is -0.121. The minimum atomic E-state index is 0.0934. The number of hydrogen-bond acceptors (Lipinski definition) is 5. The number of aryl methyl sites for hydroxylation is 2. The van der Waals surface area contributed by atoms with Crippen molar-refractivity contribution in [1.29, 1.82) is 0 Å². The smallest absolute Gasteiger partial charge is 0.220 e. The van der Waals surface area contributed by atoms with Crippen molar-refractivity contribution in [2.45, 2.75) is 44.7 Å². The standard InChI is InChI=1S/C20H22N6O/c27-19(6-3-15-2-1-10-22-14-15)23-17-4-5-18-24-25-20(26(18)13-9-17)16-7-11-21-12-8-16/h1-2,7-8,10-12,14,17H,3-6,9,13H2,(H,23,27). The minimum absolute atomic E-state index is 0.0934. The van der Waals surface area contributed by atoms with Crippen LogP contribution in [0.1, 0.15) is 30.7 Å². The van der Waals surface area contributed by atoms with E-state index in [1.165, 1.54) is 0 Å². The second kappa shape index (κ2) is 8.07. The van der Waals surface area contributed by atoms with Crippen molar-refractivity contribution in [3.63, 3.8) is 0 Å². The van der Waals surface area contributed by atoms with Crippen molar-refractivity contribution in [3.05, 3.63) is 60.4 Å². The fourth-order valence-electron chi connectivity index (χ4n) is 3.45. The average Bonchev–Trinajstić information content (AvgIpc) is 3.02. The van der Waals surface area contributed by atoms with Gasteiger partial charge in [-0.25, -0.2) is 0 Å². The van der Waals surface area contributed by atoms with E-state index in [0.717, 1.165) is 48.6 Å². The van der Waals surface area contributed by atoms with Crippen molar-refractivity contribution in [3.8, 4) is 11.4 Å². The van der Waals surface area contributed by atoms with Gasteiger partial charge in [0.05, 0.1) is 0 Å². The third-order valence-corrected chi connectivity index (χ3v) is 4.91.